The SMILES string of the molecule is C[C@H]1CC[C@H](c2ccc(N3CCOC4(CN(C)C4)C3)cc2)N(C(=O)OC(C)(C)C)C1. The third-order valence-corrected chi connectivity index (χ3v) is 6.45. The van der Waals surface area contributed by atoms with Gasteiger partial charge < -0.3 is 24.2 Å². The van der Waals surface area contributed by atoms with Crippen LogP contribution in [-0.4, -0.2) is 73.5 Å². The zero-order chi connectivity index (χ0) is 21.5. The number of nitrogens with zero attached hydrogens (tertiary/aromatic N) is 3. The van der Waals surface area contributed by atoms with Gasteiger partial charge in [-0.25, -0.2) is 4.79 Å². The average molecular weight is 416 g/mol. The monoisotopic (exact) mass is 415 g/mol. The van der Waals surface area contributed by atoms with Gasteiger partial charge in [-0.05, 0) is 64.3 Å². The van der Waals surface area contributed by atoms with E-state index in [-0.39, 0.29) is 17.7 Å². The molecule has 0 aliphatic carbocycles. The van der Waals surface area contributed by atoms with E-state index in [9.17, 15) is 4.79 Å². The fraction of sp³-hybridized carbons (Fsp3) is 0.708. The van der Waals surface area contributed by atoms with Gasteiger partial charge in [0.2, 0.25) is 0 Å². The molecule has 6 heteroatoms. The van der Waals surface area contributed by atoms with Crippen molar-refractivity contribution >= 4 is 11.8 Å². The van der Waals surface area contributed by atoms with Gasteiger partial charge in [-0.2, -0.15) is 0 Å². The van der Waals surface area contributed by atoms with Gasteiger partial charge in [-0.3, -0.25) is 0 Å². The second-order valence-corrected chi connectivity index (χ2v) is 10.5. The molecule has 0 bridgehead atoms. The maximum Gasteiger partial charge on any atom is 0.410 e. The van der Waals surface area contributed by atoms with Crippen LogP contribution in [0.2, 0.25) is 0 Å². The van der Waals surface area contributed by atoms with Crippen molar-refractivity contribution in [3.05, 3.63) is 29.8 Å². The minimum atomic E-state index is -0.478. The van der Waals surface area contributed by atoms with Crippen LogP contribution in [0.4, 0.5) is 10.5 Å². The summed E-state index contributed by atoms with van der Waals surface area (Å²) in [5, 5.41) is 0. The van der Waals surface area contributed by atoms with Crippen molar-refractivity contribution in [2.45, 2.75) is 57.8 Å². The van der Waals surface area contributed by atoms with Crippen LogP contribution in [0.15, 0.2) is 24.3 Å². The van der Waals surface area contributed by atoms with Crippen LogP contribution in [0.25, 0.3) is 0 Å². The molecule has 1 amide bonds. The number of anilines is 1. The minimum Gasteiger partial charge on any atom is -0.444 e. The lowest BCUT2D eigenvalue weighted by molar-refractivity contribution is -0.140. The highest BCUT2D eigenvalue weighted by molar-refractivity contribution is 5.69. The van der Waals surface area contributed by atoms with Crippen LogP contribution < -0.4 is 4.90 Å². The fourth-order valence-electron chi connectivity index (χ4n) is 5.12. The summed E-state index contributed by atoms with van der Waals surface area (Å²) in [7, 11) is 2.14. The molecule has 166 valence electrons. The Hall–Kier alpha value is -1.79. The molecule has 4 rings (SSSR count). The van der Waals surface area contributed by atoms with Crippen molar-refractivity contribution in [2.24, 2.45) is 5.92 Å². The summed E-state index contributed by atoms with van der Waals surface area (Å²) in [4.78, 5) is 19.6. The maximum atomic E-state index is 12.9. The van der Waals surface area contributed by atoms with E-state index in [4.69, 9.17) is 9.47 Å². The molecule has 3 aliphatic heterocycles. The summed E-state index contributed by atoms with van der Waals surface area (Å²) in [5.74, 6) is 0.498. The standard InChI is InChI=1S/C24H37N3O3/c1-18-6-11-21(27(14-18)22(28)30-23(2,3)4)19-7-9-20(10-8-19)26-12-13-29-24(17-26)15-25(5)16-24/h7-10,18,21H,6,11-17H2,1-5H3/t18-,21+/m0/s1. The normalized spacial score (nSPS) is 27.1. The number of rotatable bonds is 2. The van der Waals surface area contributed by atoms with Crippen LogP contribution in [-0.2, 0) is 9.47 Å². The summed E-state index contributed by atoms with van der Waals surface area (Å²) in [6, 6.07) is 8.90. The number of ether oxygens (including phenoxy) is 2. The van der Waals surface area contributed by atoms with Crippen molar-refractivity contribution < 1.29 is 14.3 Å². The molecule has 3 heterocycles. The number of morpholine rings is 1. The van der Waals surface area contributed by atoms with Gasteiger partial charge in [-0.15, -0.1) is 0 Å². The Morgan fingerprint density at radius 2 is 1.83 bits per heavy atom. The first kappa shape index (κ1) is 21.4. The number of benzene rings is 1. The Morgan fingerprint density at radius 1 is 1.13 bits per heavy atom. The number of amides is 1. The number of hydrogen-bond donors (Lipinski definition) is 0. The number of carbonyl (C=O) groups excluding carboxylic acids is 1. The lowest BCUT2D eigenvalue weighted by atomic mass is 9.90. The lowest BCUT2D eigenvalue weighted by Crippen LogP contribution is -2.69. The van der Waals surface area contributed by atoms with Crippen LogP contribution in [0.3, 0.4) is 0 Å². The zero-order valence-corrected chi connectivity index (χ0v) is 19.2. The topological polar surface area (TPSA) is 45.2 Å². The van der Waals surface area contributed by atoms with Gasteiger partial charge in [0.25, 0.3) is 0 Å². The maximum absolute atomic E-state index is 12.9. The highest BCUT2D eigenvalue weighted by Crippen LogP contribution is 2.36. The summed E-state index contributed by atoms with van der Waals surface area (Å²) in [6.45, 7) is 13.4. The number of piperidine rings is 1. The van der Waals surface area contributed by atoms with Gasteiger partial charge in [0.15, 0.2) is 0 Å². The van der Waals surface area contributed by atoms with E-state index in [1.807, 2.05) is 25.7 Å². The fourth-order valence-corrected chi connectivity index (χ4v) is 5.12. The first-order valence-electron chi connectivity index (χ1n) is 11.3. The lowest BCUT2D eigenvalue weighted by Gasteiger charge is -2.53. The number of hydrogen-bond acceptors (Lipinski definition) is 5. The van der Waals surface area contributed by atoms with Crippen LogP contribution >= 0.6 is 0 Å². The molecule has 0 saturated carbocycles. The van der Waals surface area contributed by atoms with Crippen molar-refractivity contribution in [2.75, 3.05) is 51.3 Å². The molecule has 0 unspecified atom stereocenters. The molecular formula is C24H37N3O3. The molecule has 1 aromatic rings. The van der Waals surface area contributed by atoms with Crippen molar-refractivity contribution in [1.82, 2.24) is 9.80 Å². The molecule has 0 aromatic heterocycles. The smallest absolute Gasteiger partial charge is 0.410 e. The Labute approximate surface area is 181 Å². The predicted octanol–water partition coefficient (Wildman–Crippen LogP) is 3.92. The minimum absolute atomic E-state index is 0.00130. The zero-order valence-electron chi connectivity index (χ0n) is 19.2. The van der Waals surface area contributed by atoms with Gasteiger partial charge in [0.1, 0.15) is 11.2 Å². The van der Waals surface area contributed by atoms with E-state index in [2.05, 4.69) is 48.0 Å². The van der Waals surface area contributed by atoms with E-state index >= 15 is 0 Å². The van der Waals surface area contributed by atoms with Crippen LogP contribution in [0.5, 0.6) is 0 Å². The van der Waals surface area contributed by atoms with Gasteiger partial charge >= 0.3 is 6.09 Å². The number of likely N-dealkylation sites (tertiary alicyclic amines) is 2. The first-order valence-corrected chi connectivity index (χ1v) is 11.3. The number of likely N-dealkylation sites (N-methyl/N-ethyl adjacent to an activating group) is 1. The van der Waals surface area contributed by atoms with Gasteiger partial charge in [0, 0.05) is 38.4 Å². The van der Waals surface area contributed by atoms with E-state index in [1.165, 1.54) is 11.3 Å². The molecule has 3 saturated heterocycles. The Kier molecular flexibility index (Phi) is 5.75. The highest BCUT2D eigenvalue weighted by Gasteiger charge is 2.45. The van der Waals surface area contributed by atoms with Crippen molar-refractivity contribution in [1.29, 1.82) is 0 Å². The van der Waals surface area contributed by atoms with Crippen molar-refractivity contribution in [3.8, 4) is 0 Å². The van der Waals surface area contributed by atoms with Crippen LogP contribution in [0.1, 0.15) is 52.1 Å². The molecular weight excluding hydrogens is 378 g/mol. The molecule has 3 aliphatic rings. The average Bonchev–Trinajstić information content (AvgIpc) is 2.66. The highest BCUT2D eigenvalue weighted by atomic mass is 16.6. The third-order valence-electron chi connectivity index (χ3n) is 6.45. The van der Waals surface area contributed by atoms with E-state index < -0.39 is 5.60 Å². The van der Waals surface area contributed by atoms with E-state index in [0.29, 0.717) is 5.92 Å². The summed E-state index contributed by atoms with van der Waals surface area (Å²) in [6.07, 6.45) is 1.91. The summed E-state index contributed by atoms with van der Waals surface area (Å²) >= 11 is 0. The molecule has 1 aromatic carbocycles. The molecule has 6 nitrogen and oxygen atoms in total. The Morgan fingerprint density at radius 3 is 2.47 bits per heavy atom. The third kappa shape index (κ3) is 4.59. The quantitative estimate of drug-likeness (QED) is 0.733. The summed E-state index contributed by atoms with van der Waals surface area (Å²) in [5.41, 5.74) is 1.96. The Bertz CT molecular complexity index is 746. The Balaban J connectivity index is 1.47. The predicted molar refractivity (Wildman–Crippen MR) is 119 cm³/mol. The van der Waals surface area contributed by atoms with E-state index in [0.717, 1.165) is 52.2 Å². The van der Waals surface area contributed by atoms with Crippen LogP contribution in [0, 0.1) is 5.92 Å². The summed E-state index contributed by atoms with van der Waals surface area (Å²) < 4.78 is 11.8. The van der Waals surface area contributed by atoms with Gasteiger partial charge in [-0.1, -0.05) is 19.1 Å². The molecule has 2 atom stereocenters. The molecule has 0 N–H and O–H groups in total. The second-order valence-electron chi connectivity index (χ2n) is 10.5. The molecule has 3 fully saturated rings. The first-order chi connectivity index (χ1) is 14.1. The molecule has 1 spiro atoms. The van der Waals surface area contributed by atoms with E-state index in [1.54, 1.807) is 0 Å². The largest absolute Gasteiger partial charge is 0.444 e. The molecule has 0 radical (unpaired) electrons. The molecule has 30 heavy (non-hydrogen) atoms. The number of carbonyl (C=O) groups is 1. The van der Waals surface area contributed by atoms with Gasteiger partial charge in [0.05, 0.1) is 12.6 Å². The second kappa shape index (κ2) is 8.04. The van der Waals surface area contributed by atoms with Crippen molar-refractivity contribution in [3.63, 3.8) is 0 Å².